The third-order valence-corrected chi connectivity index (χ3v) is 8.01. The van der Waals surface area contributed by atoms with E-state index in [1.807, 2.05) is 42.5 Å². The normalized spacial score (nSPS) is 23.9. The van der Waals surface area contributed by atoms with E-state index in [9.17, 15) is 15.0 Å². The van der Waals surface area contributed by atoms with Gasteiger partial charge in [0.1, 0.15) is 13.2 Å². The van der Waals surface area contributed by atoms with Gasteiger partial charge in [-0.2, -0.15) is 0 Å². The summed E-state index contributed by atoms with van der Waals surface area (Å²) >= 11 is 0. The van der Waals surface area contributed by atoms with Gasteiger partial charge in [-0.05, 0) is 78.5 Å². The zero-order chi connectivity index (χ0) is 24.6. The Kier molecular flexibility index (Phi) is 9.22. The third-order valence-electron chi connectivity index (χ3n) is 8.01. The highest BCUT2D eigenvalue weighted by Gasteiger charge is 2.44. The number of rotatable bonds is 11. The topological polar surface area (TPSA) is 76.0 Å². The monoisotopic (exact) mass is 480 g/mol. The number of carbonyl (C=O) groups is 1. The molecule has 0 bridgehead atoms. The van der Waals surface area contributed by atoms with Gasteiger partial charge in [-0.25, -0.2) is 4.79 Å². The van der Waals surface area contributed by atoms with Crippen molar-refractivity contribution >= 4 is 6.16 Å². The standard InChI is InChI=1S/C30H40O5/c1-2-3-5-13-25(31)14-15-26-28-16-22-11-8-12-23(27(22)17-24(28)18-29(26)32)20-35-30(33)34-19-21-9-6-4-7-10-21/h4,6-12,24-26,28-29,31-32H,2-3,5,13-20H2,1H3/t24?,25-,26-,28?,29-/m1/s1. The summed E-state index contributed by atoms with van der Waals surface area (Å²) in [5, 5.41) is 21.2. The molecular formula is C30H40O5. The van der Waals surface area contributed by atoms with Crippen LogP contribution in [-0.4, -0.2) is 28.6 Å². The summed E-state index contributed by atoms with van der Waals surface area (Å²) in [7, 11) is 0. The SMILES string of the molecule is CCCCC[C@@H](O)CC[C@@H]1C2Cc3cccc(COC(=O)OCc4ccccc4)c3CC2C[C@H]1O. The van der Waals surface area contributed by atoms with Crippen LogP contribution in [0.4, 0.5) is 4.79 Å². The Bertz CT molecular complexity index is 943. The minimum absolute atomic E-state index is 0.197. The second kappa shape index (κ2) is 12.5. The quantitative estimate of drug-likeness (QED) is 0.306. The molecule has 2 aromatic carbocycles. The molecule has 0 spiro atoms. The van der Waals surface area contributed by atoms with E-state index in [-0.39, 0.29) is 31.3 Å². The Morgan fingerprint density at radius 1 is 1.00 bits per heavy atom. The van der Waals surface area contributed by atoms with Crippen LogP contribution >= 0.6 is 0 Å². The lowest BCUT2D eigenvalue weighted by molar-refractivity contribution is 0.0443. The summed E-state index contributed by atoms with van der Waals surface area (Å²) in [6.45, 7) is 2.57. The number of carbonyl (C=O) groups excluding carboxylic acids is 1. The molecule has 1 saturated carbocycles. The molecule has 2 aliphatic carbocycles. The van der Waals surface area contributed by atoms with Gasteiger partial charge in [0.15, 0.2) is 0 Å². The smallest absolute Gasteiger partial charge is 0.429 e. The molecule has 5 atom stereocenters. The van der Waals surface area contributed by atoms with Crippen molar-refractivity contribution in [2.45, 2.75) is 90.1 Å². The van der Waals surface area contributed by atoms with Crippen molar-refractivity contribution in [3.8, 4) is 0 Å². The van der Waals surface area contributed by atoms with Crippen LogP contribution in [0.25, 0.3) is 0 Å². The summed E-state index contributed by atoms with van der Waals surface area (Å²) in [5.74, 6) is 1.14. The van der Waals surface area contributed by atoms with Crippen molar-refractivity contribution in [2.75, 3.05) is 0 Å². The van der Waals surface area contributed by atoms with Gasteiger partial charge in [0.05, 0.1) is 12.2 Å². The molecule has 1 fully saturated rings. The Morgan fingerprint density at radius 2 is 1.80 bits per heavy atom. The van der Waals surface area contributed by atoms with Gasteiger partial charge in [-0.15, -0.1) is 0 Å². The van der Waals surface area contributed by atoms with Gasteiger partial charge in [0.2, 0.25) is 0 Å². The Morgan fingerprint density at radius 3 is 2.60 bits per heavy atom. The molecular weight excluding hydrogens is 440 g/mol. The zero-order valence-electron chi connectivity index (χ0n) is 20.9. The van der Waals surface area contributed by atoms with E-state index in [2.05, 4.69) is 13.0 Å². The number of aliphatic hydroxyl groups excluding tert-OH is 2. The molecule has 0 aromatic heterocycles. The van der Waals surface area contributed by atoms with Gasteiger partial charge in [0.25, 0.3) is 0 Å². The molecule has 2 N–H and O–H groups in total. The summed E-state index contributed by atoms with van der Waals surface area (Å²) in [6.07, 6.45) is 7.40. The second-order valence-electron chi connectivity index (χ2n) is 10.4. The summed E-state index contributed by atoms with van der Waals surface area (Å²) in [4.78, 5) is 12.1. The first-order valence-corrected chi connectivity index (χ1v) is 13.3. The molecule has 190 valence electrons. The predicted octanol–water partition coefficient (Wildman–Crippen LogP) is 5.97. The maximum Gasteiger partial charge on any atom is 0.508 e. The highest BCUT2D eigenvalue weighted by molar-refractivity contribution is 5.60. The van der Waals surface area contributed by atoms with Crippen LogP contribution in [0.1, 0.15) is 74.1 Å². The third kappa shape index (κ3) is 6.86. The fraction of sp³-hybridized carbons (Fsp3) is 0.567. The number of hydrogen-bond acceptors (Lipinski definition) is 5. The predicted molar refractivity (Wildman–Crippen MR) is 136 cm³/mol. The number of unbranched alkanes of at least 4 members (excludes halogenated alkanes) is 2. The van der Waals surface area contributed by atoms with Crippen LogP contribution in [0.5, 0.6) is 0 Å². The van der Waals surface area contributed by atoms with Gasteiger partial charge in [-0.3, -0.25) is 0 Å². The lowest BCUT2D eigenvalue weighted by Crippen LogP contribution is -2.28. The Balaban J connectivity index is 1.31. The molecule has 0 heterocycles. The van der Waals surface area contributed by atoms with Crippen molar-refractivity contribution in [3.63, 3.8) is 0 Å². The molecule has 0 saturated heterocycles. The average molecular weight is 481 g/mol. The van der Waals surface area contributed by atoms with Crippen LogP contribution < -0.4 is 0 Å². The van der Waals surface area contributed by atoms with E-state index < -0.39 is 6.16 Å². The van der Waals surface area contributed by atoms with Crippen LogP contribution in [0.3, 0.4) is 0 Å². The Hall–Kier alpha value is -2.37. The van der Waals surface area contributed by atoms with Crippen molar-refractivity contribution < 1.29 is 24.5 Å². The minimum atomic E-state index is -0.658. The van der Waals surface area contributed by atoms with Crippen molar-refractivity contribution in [3.05, 3.63) is 70.8 Å². The van der Waals surface area contributed by atoms with Gasteiger partial charge in [0, 0.05) is 0 Å². The molecule has 0 aliphatic heterocycles. The van der Waals surface area contributed by atoms with Crippen LogP contribution in [-0.2, 0) is 35.5 Å². The van der Waals surface area contributed by atoms with Crippen molar-refractivity contribution in [2.24, 2.45) is 17.8 Å². The van der Waals surface area contributed by atoms with Crippen molar-refractivity contribution in [1.29, 1.82) is 0 Å². The fourth-order valence-electron chi connectivity index (χ4n) is 6.10. The number of aliphatic hydroxyl groups is 2. The van der Waals surface area contributed by atoms with Crippen LogP contribution in [0.2, 0.25) is 0 Å². The molecule has 5 heteroatoms. The highest BCUT2D eigenvalue weighted by Crippen LogP contribution is 2.47. The first-order valence-electron chi connectivity index (χ1n) is 13.3. The minimum Gasteiger partial charge on any atom is -0.429 e. The van der Waals surface area contributed by atoms with E-state index in [1.54, 1.807) is 0 Å². The zero-order valence-corrected chi connectivity index (χ0v) is 20.9. The number of hydrogen-bond donors (Lipinski definition) is 2. The van der Waals surface area contributed by atoms with E-state index in [0.717, 1.165) is 56.1 Å². The number of fused-ring (bicyclic) bond motifs is 2. The lowest BCUT2D eigenvalue weighted by atomic mass is 9.72. The summed E-state index contributed by atoms with van der Waals surface area (Å²) < 4.78 is 10.7. The summed E-state index contributed by atoms with van der Waals surface area (Å²) in [6, 6.07) is 15.8. The molecule has 0 radical (unpaired) electrons. The maximum absolute atomic E-state index is 12.1. The molecule has 5 nitrogen and oxygen atoms in total. The van der Waals surface area contributed by atoms with Crippen LogP contribution in [0.15, 0.2) is 48.5 Å². The molecule has 2 aliphatic rings. The molecule has 0 amide bonds. The second-order valence-corrected chi connectivity index (χ2v) is 10.4. The number of ether oxygens (including phenoxy) is 2. The van der Waals surface area contributed by atoms with E-state index in [4.69, 9.17) is 9.47 Å². The molecule has 35 heavy (non-hydrogen) atoms. The van der Waals surface area contributed by atoms with Crippen LogP contribution in [0, 0.1) is 17.8 Å². The molecule has 2 aromatic rings. The molecule has 4 rings (SSSR count). The maximum atomic E-state index is 12.1. The van der Waals surface area contributed by atoms with Gasteiger partial charge >= 0.3 is 6.16 Å². The fourth-order valence-corrected chi connectivity index (χ4v) is 6.10. The van der Waals surface area contributed by atoms with Gasteiger partial charge < -0.3 is 19.7 Å². The lowest BCUT2D eigenvalue weighted by Gasteiger charge is -2.32. The molecule has 2 unspecified atom stereocenters. The average Bonchev–Trinajstić information content (AvgIpc) is 3.18. The first kappa shape index (κ1) is 25.7. The first-order chi connectivity index (χ1) is 17.0. The van der Waals surface area contributed by atoms with Crippen molar-refractivity contribution in [1.82, 2.24) is 0 Å². The largest absolute Gasteiger partial charge is 0.508 e. The van der Waals surface area contributed by atoms with E-state index >= 15 is 0 Å². The van der Waals surface area contributed by atoms with E-state index in [0.29, 0.717) is 11.8 Å². The number of benzene rings is 2. The Labute approximate surface area is 209 Å². The van der Waals surface area contributed by atoms with E-state index in [1.165, 1.54) is 24.0 Å². The van der Waals surface area contributed by atoms with Gasteiger partial charge in [-0.1, -0.05) is 74.7 Å². The summed E-state index contributed by atoms with van der Waals surface area (Å²) in [5.41, 5.74) is 4.52. The highest BCUT2D eigenvalue weighted by atomic mass is 16.7.